The second kappa shape index (κ2) is 8.81. The monoisotopic (exact) mass is 359 g/mol. The Morgan fingerprint density at radius 2 is 2.00 bits per heavy atom. The zero-order valence-electron chi connectivity index (χ0n) is 15.9. The van der Waals surface area contributed by atoms with Gasteiger partial charge in [0.15, 0.2) is 0 Å². The minimum atomic E-state index is -0.625. The average molecular weight is 359 g/mol. The largest absolute Gasteiger partial charge is 0.456 e. The fourth-order valence-electron chi connectivity index (χ4n) is 3.99. The number of ether oxygens (including phenoxy) is 1. The van der Waals surface area contributed by atoms with Gasteiger partial charge in [-0.2, -0.15) is 0 Å². The number of carbonyl (C=O) groups excluding carboxylic acids is 1. The van der Waals surface area contributed by atoms with E-state index in [9.17, 15) is 9.18 Å². The summed E-state index contributed by atoms with van der Waals surface area (Å²) in [5.41, 5.74) is 1.53. The molecule has 1 heterocycles. The Labute approximate surface area is 156 Å². The number of halogens is 1. The number of likely N-dealkylation sites (tertiary alicyclic amines) is 1. The van der Waals surface area contributed by atoms with E-state index < -0.39 is 6.04 Å². The van der Waals surface area contributed by atoms with Gasteiger partial charge in [-0.3, -0.25) is 4.90 Å². The molecule has 0 radical (unpaired) electrons. The van der Waals surface area contributed by atoms with Crippen LogP contribution in [0.1, 0.15) is 52.4 Å². The molecular formula is C22H30FNO2. The van der Waals surface area contributed by atoms with Crippen molar-refractivity contribution >= 4 is 5.97 Å². The van der Waals surface area contributed by atoms with Gasteiger partial charge in [-0.15, -0.1) is 0 Å². The summed E-state index contributed by atoms with van der Waals surface area (Å²) in [5, 5.41) is 0. The second-order valence-electron chi connectivity index (χ2n) is 7.66. The van der Waals surface area contributed by atoms with Crippen LogP contribution in [0, 0.1) is 5.92 Å². The maximum absolute atomic E-state index is 14.5. The van der Waals surface area contributed by atoms with Crippen LogP contribution in [0.4, 0.5) is 4.39 Å². The molecule has 0 aromatic heterocycles. The van der Waals surface area contributed by atoms with Crippen LogP contribution < -0.4 is 0 Å². The molecule has 3 aliphatic rings. The van der Waals surface area contributed by atoms with E-state index in [1.165, 1.54) is 6.42 Å². The van der Waals surface area contributed by atoms with E-state index in [0.717, 1.165) is 37.9 Å². The first-order valence-corrected chi connectivity index (χ1v) is 9.94. The van der Waals surface area contributed by atoms with E-state index >= 15 is 0 Å². The lowest BCUT2D eigenvalue weighted by Crippen LogP contribution is -2.47. The Bertz CT molecular complexity index is 641. The third-order valence-corrected chi connectivity index (χ3v) is 5.47. The Morgan fingerprint density at radius 3 is 2.69 bits per heavy atom. The highest BCUT2D eigenvalue weighted by molar-refractivity contribution is 5.81. The molecule has 3 nitrogen and oxygen atoms in total. The Morgan fingerprint density at radius 1 is 1.23 bits per heavy atom. The van der Waals surface area contributed by atoms with Gasteiger partial charge in [0, 0.05) is 12.0 Å². The fraction of sp³-hybridized carbons (Fsp3) is 0.591. The van der Waals surface area contributed by atoms with Gasteiger partial charge in [-0.1, -0.05) is 43.7 Å². The van der Waals surface area contributed by atoms with Gasteiger partial charge in [-0.25, -0.2) is 9.18 Å². The molecule has 1 aliphatic heterocycles. The molecule has 2 aliphatic carbocycles. The molecule has 0 bridgehead atoms. The summed E-state index contributed by atoms with van der Waals surface area (Å²) >= 11 is 0. The van der Waals surface area contributed by atoms with Crippen LogP contribution in [0.2, 0.25) is 0 Å². The van der Waals surface area contributed by atoms with Gasteiger partial charge < -0.3 is 4.74 Å². The molecule has 3 atom stereocenters. The van der Waals surface area contributed by atoms with Gasteiger partial charge in [0.05, 0.1) is 0 Å². The minimum absolute atomic E-state index is 0.168. The van der Waals surface area contributed by atoms with Crippen molar-refractivity contribution in [2.45, 2.75) is 64.5 Å². The Hall–Kier alpha value is -1.68. The summed E-state index contributed by atoms with van der Waals surface area (Å²) in [5.74, 6) is -0.0443. The normalized spacial score (nSPS) is 26.4. The topological polar surface area (TPSA) is 29.5 Å². The van der Waals surface area contributed by atoms with Crippen molar-refractivity contribution in [3.63, 3.8) is 0 Å². The molecule has 1 saturated heterocycles. The van der Waals surface area contributed by atoms with Crippen molar-refractivity contribution in [1.82, 2.24) is 4.90 Å². The van der Waals surface area contributed by atoms with E-state index in [2.05, 4.69) is 24.0 Å². The molecule has 0 saturated carbocycles. The van der Waals surface area contributed by atoms with Crippen LogP contribution in [0.3, 0.4) is 0 Å². The number of esters is 1. The van der Waals surface area contributed by atoms with Crippen LogP contribution >= 0.6 is 0 Å². The zero-order valence-corrected chi connectivity index (χ0v) is 15.9. The van der Waals surface area contributed by atoms with Gasteiger partial charge in [0.25, 0.3) is 0 Å². The van der Waals surface area contributed by atoms with Crippen LogP contribution in [-0.4, -0.2) is 36.1 Å². The number of nitrogens with zero attached hydrogens (tertiary/aromatic N) is 1. The highest BCUT2D eigenvalue weighted by Gasteiger charge is 2.34. The third kappa shape index (κ3) is 4.53. The van der Waals surface area contributed by atoms with Gasteiger partial charge in [0.2, 0.25) is 0 Å². The second-order valence-corrected chi connectivity index (χ2v) is 7.66. The zero-order chi connectivity index (χ0) is 18.5. The van der Waals surface area contributed by atoms with Crippen molar-refractivity contribution in [3.05, 3.63) is 47.4 Å². The number of hydrogen-bond acceptors (Lipinski definition) is 3. The average Bonchev–Trinajstić information content (AvgIpc) is 2.64. The maximum atomic E-state index is 14.5. The summed E-state index contributed by atoms with van der Waals surface area (Å²) in [7, 11) is 0. The molecule has 26 heavy (non-hydrogen) atoms. The fourth-order valence-corrected chi connectivity index (χ4v) is 3.99. The molecule has 4 heteroatoms. The minimum Gasteiger partial charge on any atom is -0.456 e. The molecule has 1 fully saturated rings. The summed E-state index contributed by atoms with van der Waals surface area (Å²) in [6, 6.07) is -0.625. The quantitative estimate of drug-likeness (QED) is 0.656. The number of allylic oxidation sites excluding steroid dienone is 4. The van der Waals surface area contributed by atoms with Crippen molar-refractivity contribution < 1.29 is 13.9 Å². The van der Waals surface area contributed by atoms with Crippen LogP contribution in [0.15, 0.2) is 47.4 Å². The highest BCUT2D eigenvalue weighted by atomic mass is 19.1. The lowest BCUT2D eigenvalue weighted by atomic mass is 9.94. The number of rotatable bonds is 5. The summed E-state index contributed by atoms with van der Waals surface area (Å²) in [4.78, 5) is 15.2. The standard InChI is InChI=1S/C22H30FNO2/c1-16-9-8-10-18(15-16)17(2)26-22(25)21(24-13-6-3-7-14-24)19-11-4-5-12-20(19)23/h4,8,10-11,15-17,21H,3,5-7,9,12-14H2,1-2H3/t16?,17-,21+/m0/s1. The van der Waals surface area contributed by atoms with E-state index in [4.69, 9.17) is 4.74 Å². The van der Waals surface area contributed by atoms with Crippen LogP contribution in [0.25, 0.3) is 0 Å². The molecule has 3 rings (SSSR count). The Balaban J connectivity index is 1.78. The molecule has 0 N–H and O–H groups in total. The van der Waals surface area contributed by atoms with Crippen molar-refractivity contribution in [3.8, 4) is 0 Å². The lowest BCUT2D eigenvalue weighted by Gasteiger charge is -2.35. The summed E-state index contributed by atoms with van der Waals surface area (Å²) in [6.45, 7) is 5.69. The van der Waals surface area contributed by atoms with Crippen LogP contribution in [0.5, 0.6) is 0 Å². The number of piperidine rings is 1. The van der Waals surface area contributed by atoms with E-state index in [0.29, 0.717) is 24.3 Å². The molecule has 0 aromatic rings. The van der Waals surface area contributed by atoms with E-state index in [-0.39, 0.29) is 17.9 Å². The van der Waals surface area contributed by atoms with E-state index in [1.807, 2.05) is 19.1 Å². The first-order valence-electron chi connectivity index (χ1n) is 9.94. The first-order chi connectivity index (χ1) is 12.6. The maximum Gasteiger partial charge on any atom is 0.328 e. The molecule has 142 valence electrons. The SMILES string of the molecule is CC1C=C([C@H](C)OC(=O)[C@@H](C2=C(F)CCC=C2)N2CCCCC2)C=CC1. The van der Waals surface area contributed by atoms with Gasteiger partial charge in [-0.05, 0) is 57.2 Å². The van der Waals surface area contributed by atoms with Gasteiger partial charge >= 0.3 is 5.97 Å². The predicted octanol–water partition coefficient (Wildman–Crippen LogP) is 4.87. The molecule has 0 amide bonds. The van der Waals surface area contributed by atoms with E-state index in [1.54, 1.807) is 6.08 Å². The van der Waals surface area contributed by atoms with Crippen molar-refractivity contribution in [1.29, 1.82) is 0 Å². The molecule has 0 aromatic carbocycles. The first kappa shape index (κ1) is 19.1. The summed E-state index contributed by atoms with van der Waals surface area (Å²) < 4.78 is 20.3. The Kier molecular flexibility index (Phi) is 6.47. The lowest BCUT2D eigenvalue weighted by molar-refractivity contribution is -0.151. The third-order valence-electron chi connectivity index (χ3n) is 5.47. The summed E-state index contributed by atoms with van der Waals surface area (Å²) in [6.07, 6.45) is 15.1. The molecule has 1 unspecified atom stereocenters. The predicted molar refractivity (Wildman–Crippen MR) is 102 cm³/mol. The highest BCUT2D eigenvalue weighted by Crippen LogP contribution is 2.29. The van der Waals surface area contributed by atoms with Crippen molar-refractivity contribution in [2.75, 3.05) is 13.1 Å². The molecule has 0 spiro atoms. The molecular weight excluding hydrogens is 329 g/mol. The number of hydrogen-bond donors (Lipinski definition) is 0. The van der Waals surface area contributed by atoms with Gasteiger partial charge in [0.1, 0.15) is 18.0 Å². The smallest absolute Gasteiger partial charge is 0.328 e. The number of carbonyl (C=O) groups is 1. The van der Waals surface area contributed by atoms with Crippen LogP contribution in [-0.2, 0) is 9.53 Å². The van der Waals surface area contributed by atoms with Crippen molar-refractivity contribution in [2.24, 2.45) is 5.92 Å².